The highest BCUT2D eigenvalue weighted by molar-refractivity contribution is 5.98. The second-order valence-electron chi connectivity index (χ2n) is 6.37. The molecule has 0 aliphatic carbocycles. The Bertz CT molecular complexity index is 527. The van der Waals surface area contributed by atoms with Gasteiger partial charge >= 0.3 is 6.09 Å². The molecule has 0 spiro atoms. The minimum atomic E-state index is -0.450. The first-order valence-corrected chi connectivity index (χ1v) is 7.66. The fraction of sp³-hybridized carbons (Fsp3) is 0.529. The normalized spacial score (nSPS) is 16.6. The number of nitrogens with zero attached hydrogens (tertiary/aromatic N) is 3. The number of amides is 1. The number of benzene rings is 1. The van der Waals surface area contributed by atoms with Crippen molar-refractivity contribution in [2.75, 3.05) is 33.2 Å². The van der Waals surface area contributed by atoms with Gasteiger partial charge in [-0.3, -0.25) is 4.99 Å². The fourth-order valence-electron chi connectivity index (χ4n) is 2.47. The number of ether oxygens (including phenoxy) is 1. The second kappa shape index (κ2) is 6.81. The number of carbonyl (C=O) groups is 1. The minimum absolute atomic E-state index is 0.234. The molecule has 0 N–H and O–H groups in total. The Kier molecular flexibility index (Phi) is 5.06. The molecule has 1 aromatic rings. The number of hydrogen-bond acceptors (Lipinski definition) is 3. The van der Waals surface area contributed by atoms with Gasteiger partial charge in [-0.05, 0) is 20.8 Å². The van der Waals surface area contributed by atoms with Crippen LogP contribution in [0.4, 0.5) is 4.79 Å². The van der Waals surface area contributed by atoms with Gasteiger partial charge in [0.25, 0.3) is 0 Å². The van der Waals surface area contributed by atoms with Gasteiger partial charge in [-0.25, -0.2) is 4.79 Å². The van der Waals surface area contributed by atoms with Crippen LogP contribution in [0.5, 0.6) is 0 Å². The van der Waals surface area contributed by atoms with E-state index in [9.17, 15) is 4.79 Å². The van der Waals surface area contributed by atoms with Crippen molar-refractivity contribution in [3.8, 4) is 0 Å². The first-order valence-electron chi connectivity index (χ1n) is 7.66. The van der Waals surface area contributed by atoms with Crippen molar-refractivity contribution < 1.29 is 9.53 Å². The molecule has 120 valence electrons. The van der Waals surface area contributed by atoms with Crippen molar-refractivity contribution in [1.29, 1.82) is 0 Å². The Morgan fingerprint density at radius 3 is 2.09 bits per heavy atom. The van der Waals surface area contributed by atoms with E-state index in [-0.39, 0.29) is 6.09 Å². The molecule has 2 rings (SSSR count). The molecule has 5 heteroatoms. The van der Waals surface area contributed by atoms with Crippen LogP contribution in [0.3, 0.4) is 0 Å². The molecule has 1 aliphatic rings. The number of amidine groups is 1. The molecule has 1 aliphatic heterocycles. The van der Waals surface area contributed by atoms with E-state index in [1.807, 2.05) is 46.0 Å². The summed E-state index contributed by atoms with van der Waals surface area (Å²) in [6.07, 6.45) is -0.234. The van der Waals surface area contributed by atoms with Gasteiger partial charge < -0.3 is 14.5 Å². The number of hydrogen-bond donors (Lipinski definition) is 0. The van der Waals surface area contributed by atoms with Crippen molar-refractivity contribution in [1.82, 2.24) is 9.80 Å². The van der Waals surface area contributed by atoms with Crippen molar-refractivity contribution in [3.05, 3.63) is 35.9 Å². The molecule has 1 heterocycles. The summed E-state index contributed by atoms with van der Waals surface area (Å²) in [6, 6.07) is 10.1. The lowest BCUT2D eigenvalue weighted by atomic mass is 10.1. The molecule has 0 radical (unpaired) electrons. The summed E-state index contributed by atoms with van der Waals surface area (Å²) in [6.45, 7) is 8.50. The van der Waals surface area contributed by atoms with E-state index >= 15 is 0 Å². The smallest absolute Gasteiger partial charge is 0.410 e. The molecule has 0 bridgehead atoms. The first kappa shape index (κ1) is 16.3. The van der Waals surface area contributed by atoms with E-state index in [2.05, 4.69) is 22.0 Å². The third-order valence-corrected chi connectivity index (χ3v) is 3.47. The highest BCUT2D eigenvalue weighted by Crippen LogP contribution is 2.14. The van der Waals surface area contributed by atoms with Gasteiger partial charge in [0.15, 0.2) is 0 Å². The molecule has 0 unspecified atom stereocenters. The summed E-state index contributed by atoms with van der Waals surface area (Å²) in [5.74, 6) is 0.976. The lowest BCUT2D eigenvalue weighted by Gasteiger charge is -2.37. The molecule has 5 nitrogen and oxygen atoms in total. The van der Waals surface area contributed by atoms with Gasteiger partial charge in [0.1, 0.15) is 11.4 Å². The zero-order chi connectivity index (χ0) is 16.2. The number of piperazine rings is 1. The monoisotopic (exact) mass is 303 g/mol. The molecular formula is C17H25N3O2. The standard InChI is InChI=1S/C17H25N3O2/c1-17(2,3)22-16(21)20-12-10-19(11-13-20)15(18-4)14-8-6-5-7-9-14/h5-9H,10-13H2,1-4H3. The fourth-order valence-corrected chi connectivity index (χ4v) is 2.47. The van der Waals surface area contributed by atoms with Crippen LogP contribution in [-0.2, 0) is 4.74 Å². The van der Waals surface area contributed by atoms with Crippen LogP contribution in [0, 0.1) is 0 Å². The Balaban J connectivity index is 1.96. The molecular weight excluding hydrogens is 278 g/mol. The molecule has 1 saturated heterocycles. The van der Waals surface area contributed by atoms with Crippen LogP contribution in [0.1, 0.15) is 26.3 Å². The van der Waals surface area contributed by atoms with Crippen LogP contribution in [0.2, 0.25) is 0 Å². The molecule has 1 amide bonds. The van der Waals surface area contributed by atoms with E-state index < -0.39 is 5.60 Å². The number of aliphatic imine (C=N–C) groups is 1. The third-order valence-electron chi connectivity index (χ3n) is 3.47. The van der Waals surface area contributed by atoms with Crippen LogP contribution < -0.4 is 0 Å². The SMILES string of the molecule is CN=C(c1ccccc1)N1CCN(C(=O)OC(C)(C)C)CC1. The van der Waals surface area contributed by atoms with Crippen LogP contribution in [-0.4, -0.2) is 60.6 Å². The Labute approximate surface area is 132 Å². The predicted octanol–water partition coefficient (Wildman–Crippen LogP) is 2.62. The summed E-state index contributed by atoms with van der Waals surface area (Å²) in [4.78, 5) is 20.5. The number of carbonyl (C=O) groups excluding carboxylic acids is 1. The Morgan fingerprint density at radius 2 is 1.59 bits per heavy atom. The quantitative estimate of drug-likeness (QED) is 0.592. The highest BCUT2D eigenvalue weighted by Gasteiger charge is 2.27. The zero-order valence-corrected chi connectivity index (χ0v) is 13.9. The summed E-state index contributed by atoms with van der Waals surface area (Å²) in [7, 11) is 1.81. The van der Waals surface area contributed by atoms with Gasteiger partial charge in [0.2, 0.25) is 0 Å². The molecule has 0 atom stereocenters. The van der Waals surface area contributed by atoms with Gasteiger partial charge in [0, 0.05) is 38.8 Å². The zero-order valence-electron chi connectivity index (χ0n) is 13.9. The second-order valence-corrected chi connectivity index (χ2v) is 6.37. The summed E-state index contributed by atoms with van der Waals surface area (Å²) in [5.41, 5.74) is 0.657. The maximum atomic E-state index is 12.1. The maximum absolute atomic E-state index is 12.1. The summed E-state index contributed by atoms with van der Waals surface area (Å²) < 4.78 is 5.42. The van der Waals surface area contributed by atoms with E-state index in [0.717, 1.165) is 24.5 Å². The largest absolute Gasteiger partial charge is 0.444 e. The average molecular weight is 303 g/mol. The van der Waals surface area contributed by atoms with Gasteiger partial charge in [0.05, 0.1) is 0 Å². The topological polar surface area (TPSA) is 45.1 Å². The van der Waals surface area contributed by atoms with Gasteiger partial charge in [-0.15, -0.1) is 0 Å². The van der Waals surface area contributed by atoms with E-state index in [0.29, 0.717) is 13.1 Å². The summed E-state index contributed by atoms with van der Waals surface area (Å²) in [5, 5.41) is 0. The minimum Gasteiger partial charge on any atom is -0.444 e. The Morgan fingerprint density at radius 1 is 1.05 bits per heavy atom. The predicted molar refractivity (Wildman–Crippen MR) is 88.3 cm³/mol. The molecule has 1 fully saturated rings. The van der Waals surface area contributed by atoms with Crippen LogP contribution in [0.25, 0.3) is 0 Å². The molecule has 22 heavy (non-hydrogen) atoms. The number of rotatable bonds is 1. The maximum Gasteiger partial charge on any atom is 0.410 e. The van der Waals surface area contributed by atoms with Crippen molar-refractivity contribution in [3.63, 3.8) is 0 Å². The van der Waals surface area contributed by atoms with E-state index in [1.54, 1.807) is 4.90 Å². The highest BCUT2D eigenvalue weighted by atomic mass is 16.6. The lowest BCUT2D eigenvalue weighted by molar-refractivity contribution is 0.0187. The summed E-state index contributed by atoms with van der Waals surface area (Å²) >= 11 is 0. The molecule has 0 aromatic heterocycles. The molecule has 1 aromatic carbocycles. The Hall–Kier alpha value is -2.04. The third kappa shape index (κ3) is 4.23. The average Bonchev–Trinajstić information content (AvgIpc) is 2.48. The van der Waals surface area contributed by atoms with Crippen molar-refractivity contribution in [2.45, 2.75) is 26.4 Å². The van der Waals surface area contributed by atoms with Gasteiger partial charge in [-0.1, -0.05) is 30.3 Å². The van der Waals surface area contributed by atoms with Crippen molar-refractivity contribution in [2.24, 2.45) is 4.99 Å². The van der Waals surface area contributed by atoms with E-state index in [1.165, 1.54) is 0 Å². The van der Waals surface area contributed by atoms with Crippen molar-refractivity contribution >= 4 is 11.9 Å². The van der Waals surface area contributed by atoms with Gasteiger partial charge in [-0.2, -0.15) is 0 Å². The van der Waals surface area contributed by atoms with Crippen LogP contribution >= 0.6 is 0 Å². The molecule has 0 saturated carbocycles. The van der Waals surface area contributed by atoms with Crippen LogP contribution in [0.15, 0.2) is 35.3 Å². The van der Waals surface area contributed by atoms with E-state index in [4.69, 9.17) is 4.74 Å². The first-order chi connectivity index (χ1) is 10.4. The lowest BCUT2D eigenvalue weighted by Crippen LogP contribution is -2.51.